The van der Waals surface area contributed by atoms with E-state index in [0.29, 0.717) is 0 Å². The maximum Gasteiger partial charge on any atom is -0.0348 e. The van der Waals surface area contributed by atoms with Crippen molar-refractivity contribution in [1.82, 2.24) is 0 Å². The minimum atomic E-state index is 1.16. The van der Waals surface area contributed by atoms with E-state index in [-0.39, 0.29) is 0 Å². The van der Waals surface area contributed by atoms with Gasteiger partial charge in [-0.15, -0.1) is 0 Å². The Morgan fingerprint density at radius 2 is 0.480 bits per heavy atom. The molecule has 0 nitrogen and oxygen atoms in total. The lowest BCUT2D eigenvalue weighted by atomic mass is 10.1. The third kappa shape index (κ3) is 16.1. The van der Waals surface area contributed by atoms with Gasteiger partial charge in [-0.3, -0.25) is 0 Å². The maximum atomic E-state index is 2.25. The van der Waals surface area contributed by atoms with E-state index < -0.39 is 0 Å². The first-order valence-electron chi connectivity index (χ1n) is 9.15. The highest BCUT2D eigenvalue weighted by molar-refractivity contribution is 5.22. The monoisotopic (exact) mass is 330 g/mol. The summed E-state index contributed by atoms with van der Waals surface area (Å²) in [6.07, 6.45) is 47.5. The Morgan fingerprint density at radius 3 is 0.760 bits per heavy atom. The molecule has 0 unspecified atom stereocenters. The van der Waals surface area contributed by atoms with Gasteiger partial charge in [-0.2, -0.15) is 0 Å². The second kappa shape index (κ2) is 17.7. The number of allylic oxidation sites excluding steroid dienone is 20. The van der Waals surface area contributed by atoms with E-state index >= 15 is 0 Å². The largest absolute Gasteiger partial charge is 0.0845 e. The molecule has 0 atom stereocenters. The van der Waals surface area contributed by atoms with Gasteiger partial charge >= 0.3 is 0 Å². The van der Waals surface area contributed by atoms with Crippen LogP contribution in [-0.2, 0) is 0 Å². The van der Waals surface area contributed by atoms with Crippen molar-refractivity contribution in [2.45, 2.75) is 32.1 Å². The Bertz CT molecular complexity index is 542. The van der Waals surface area contributed by atoms with Crippen LogP contribution < -0.4 is 0 Å². The highest BCUT2D eigenvalue weighted by atomic mass is 13.9. The molecule has 0 aliphatic heterocycles. The molecule has 0 aromatic rings. The molecule has 1 aliphatic carbocycles. The molecule has 0 heteroatoms. The molecule has 0 heterocycles. The third-order valence-electron chi connectivity index (χ3n) is 3.40. The van der Waals surface area contributed by atoms with Crippen molar-refractivity contribution in [3.05, 3.63) is 122 Å². The van der Waals surface area contributed by atoms with E-state index in [4.69, 9.17) is 0 Å². The SMILES string of the molecule is C1=CCCCCC/C=C/C=C\C=C\C=C\C=C/C=C/C=C\C=C/C=C/1. The average Bonchev–Trinajstić information content (AvgIpc) is 2.62. The number of hydrogen-bond donors (Lipinski definition) is 0. The molecule has 0 N–H and O–H groups in total. The summed E-state index contributed by atoms with van der Waals surface area (Å²) < 4.78 is 0. The minimum absolute atomic E-state index is 1.16. The van der Waals surface area contributed by atoms with E-state index in [9.17, 15) is 0 Å². The van der Waals surface area contributed by atoms with Crippen LogP contribution >= 0.6 is 0 Å². The lowest BCUT2D eigenvalue weighted by molar-refractivity contribution is 0.696. The van der Waals surface area contributed by atoms with Gasteiger partial charge in [-0.05, 0) is 25.7 Å². The molecule has 0 amide bonds. The highest BCUT2D eigenvalue weighted by Gasteiger charge is 1.84. The standard InChI is InChI=1S/C25H30/c1-2-4-6-8-10-12-14-16-18-20-22-24-25-23-21-19-17-15-13-11-9-7-5-3-1/h1-20H,21-25H2/b3-1-,4-2+,7-5+,8-6-,11-9+,12-10-,15-13-,16-14+,19-17+,20-18?. The normalized spacial score (nSPS) is 29.1. The van der Waals surface area contributed by atoms with Gasteiger partial charge in [-0.1, -0.05) is 128 Å². The van der Waals surface area contributed by atoms with Gasteiger partial charge in [-0.25, -0.2) is 0 Å². The van der Waals surface area contributed by atoms with Gasteiger partial charge in [0.25, 0.3) is 0 Å². The summed E-state index contributed by atoms with van der Waals surface area (Å²) in [4.78, 5) is 0. The van der Waals surface area contributed by atoms with Crippen molar-refractivity contribution < 1.29 is 0 Å². The Morgan fingerprint density at radius 1 is 0.240 bits per heavy atom. The maximum absolute atomic E-state index is 2.25. The van der Waals surface area contributed by atoms with Crippen molar-refractivity contribution in [3.8, 4) is 0 Å². The lowest BCUT2D eigenvalue weighted by Crippen LogP contribution is -1.74. The molecule has 0 saturated carbocycles. The van der Waals surface area contributed by atoms with Gasteiger partial charge < -0.3 is 0 Å². The van der Waals surface area contributed by atoms with Crippen molar-refractivity contribution in [1.29, 1.82) is 0 Å². The van der Waals surface area contributed by atoms with Gasteiger partial charge in [0.2, 0.25) is 0 Å². The Hall–Kier alpha value is -2.60. The van der Waals surface area contributed by atoms with Crippen LogP contribution in [0.5, 0.6) is 0 Å². The van der Waals surface area contributed by atoms with Crippen LogP contribution in [0.4, 0.5) is 0 Å². The average molecular weight is 331 g/mol. The molecule has 1 rings (SSSR count). The molecule has 130 valence electrons. The molecular formula is C25H30. The molecular weight excluding hydrogens is 300 g/mol. The fourth-order valence-corrected chi connectivity index (χ4v) is 2.08. The summed E-state index contributed by atoms with van der Waals surface area (Å²) in [6.45, 7) is 0. The first kappa shape index (κ1) is 20.4. The van der Waals surface area contributed by atoms with Gasteiger partial charge in [0, 0.05) is 0 Å². The van der Waals surface area contributed by atoms with Crippen LogP contribution in [-0.4, -0.2) is 0 Å². The van der Waals surface area contributed by atoms with Crippen LogP contribution in [0.1, 0.15) is 32.1 Å². The molecule has 0 aromatic heterocycles. The van der Waals surface area contributed by atoms with Crippen LogP contribution in [0.15, 0.2) is 122 Å². The fourth-order valence-electron chi connectivity index (χ4n) is 2.08. The molecule has 0 fully saturated rings. The third-order valence-corrected chi connectivity index (χ3v) is 3.40. The van der Waals surface area contributed by atoms with Crippen LogP contribution in [0.25, 0.3) is 0 Å². The van der Waals surface area contributed by atoms with Gasteiger partial charge in [0.1, 0.15) is 0 Å². The first-order valence-corrected chi connectivity index (χ1v) is 9.15. The van der Waals surface area contributed by atoms with Crippen LogP contribution in [0.3, 0.4) is 0 Å². The second-order valence-corrected chi connectivity index (χ2v) is 5.57. The van der Waals surface area contributed by atoms with Crippen molar-refractivity contribution in [2.24, 2.45) is 0 Å². The second-order valence-electron chi connectivity index (χ2n) is 5.57. The van der Waals surface area contributed by atoms with Crippen molar-refractivity contribution >= 4 is 0 Å². The molecule has 0 saturated heterocycles. The summed E-state index contributed by atoms with van der Waals surface area (Å²) in [5.74, 6) is 0. The van der Waals surface area contributed by atoms with Crippen molar-refractivity contribution in [2.75, 3.05) is 0 Å². The first-order chi connectivity index (χ1) is 12.5. The summed E-state index contributed by atoms with van der Waals surface area (Å²) in [7, 11) is 0. The van der Waals surface area contributed by atoms with E-state index in [2.05, 4.69) is 48.6 Å². The Balaban J connectivity index is 2.51. The van der Waals surface area contributed by atoms with Crippen molar-refractivity contribution in [3.63, 3.8) is 0 Å². The number of hydrogen-bond acceptors (Lipinski definition) is 0. The zero-order chi connectivity index (χ0) is 17.7. The predicted octanol–water partition coefficient (Wildman–Crippen LogP) is 7.51. The molecule has 1 aliphatic rings. The fraction of sp³-hybridized carbons (Fsp3) is 0.200. The highest BCUT2D eigenvalue weighted by Crippen LogP contribution is 2.04. The smallest absolute Gasteiger partial charge is 0.0348 e. The van der Waals surface area contributed by atoms with E-state index in [0.717, 1.165) is 12.8 Å². The quantitative estimate of drug-likeness (QED) is 0.431. The van der Waals surface area contributed by atoms with E-state index in [1.165, 1.54) is 19.3 Å². The summed E-state index contributed by atoms with van der Waals surface area (Å²) >= 11 is 0. The zero-order valence-electron chi connectivity index (χ0n) is 15.1. The molecule has 0 bridgehead atoms. The van der Waals surface area contributed by atoms with Gasteiger partial charge in [0.05, 0.1) is 0 Å². The molecule has 25 heavy (non-hydrogen) atoms. The predicted molar refractivity (Wildman–Crippen MR) is 114 cm³/mol. The lowest BCUT2D eigenvalue weighted by Gasteiger charge is -1.94. The van der Waals surface area contributed by atoms with Gasteiger partial charge in [0.15, 0.2) is 0 Å². The minimum Gasteiger partial charge on any atom is -0.0845 e. The number of rotatable bonds is 0. The summed E-state index contributed by atoms with van der Waals surface area (Å²) in [5.41, 5.74) is 0. The van der Waals surface area contributed by atoms with Crippen LogP contribution in [0, 0.1) is 0 Å². The van der Waals surface area contributed by atoms with E-state index in [1.807, 2.05) is 72.9 Å². The Labute approximate surface area is 154 Å². The van der Waals surface area contributed by atoms with E-state index in [1.54, 1.807) is 0 Å². The molecule has 0 spiro atoms. The zero-order valence-corrected chi connectivity index (χ0v) is 15.1. The van der Waals surface area contributed by atoms with Crippen LogP contribution in [0.2, 0.25) is 0 Å². The molecule has 0 aromatic carbocycles. The Kier molecular flexibility index (Phi) is 14.5. The topological polar surface area (TPSA) is 0 Å². The molecule has 0 radical (unpaired) electrons. The summed E-state index contributed by atoms with van der Waals surface area (Å²) in [6, 6.07) is 0. The summed E-state index contributed by atoms with van der Waals surface area (Å²) in [5, 5.41) is 0.